The summed E-state index contributed by atoms with van der Waals surface area (Å²) >= 11 is 0. The maximum absolute atomic E-state index is 5.71. The lowest BCUT2D eigenvalue weighted by atomic mass is 9.98. The second-order valence-corrected chi connectivity index (χ2v) is 3.56. The lowest BCUT2D eigenvalue weighted by Gasteiger charge is -2.06. The third-order valence-corrected chi connectivity index (χ3v) is 2.54. The van der Waals surface area contributed by atoms with Crippen LogP contribution in [0.15, 0.2) is 28.8 Å². The second-order valence-electron chi connectivity index (χ2n) is 3.56. The van der Waals surface area contributed by atoms with Crippen LogP contribution < -0.4 is 5.73 Å². The maximum Gasteiger partial charge on any atom is 0.141 e. The molecule has 2 aromatic rings. The summed E-state index contributed by atoms with van der Waals surface area (Å²) in [5.41, 5.74) is 9.92. The Morgan fingerprint density at radius 2 is 2.00 bits per heavy atom. The molecular formula is C12H14N2O. The van der Waals surface area contributed by atoms with Crippen LogP contribution in [0.1, 0.15) is 17.0 Å². The highest BCUT2D eigenvalue weighted by Gasteiger charge is 2.13. The first-order chi connectivity index (χ1) is 7.24. The fraction of sp³-hybridized carbons (Fsp3) is 0.250. The molecule has 3 nitrogen and oxygen atoms in total. The van der Waals surface area contributed by atoms with Gasteiger partial charge in [-0.15, -0.1) is 0 Å². The largest absolute Gasteiger partial charge is 0.361 e. The van der Waals surface area contributed by atoms with E-state index in [4.69, 9.17) is 10.3 Å². The highest BCUT2D eigenvalue weighted by Crippen LogP contribution is 2.29. The number of hydrogen-bond acceptors (Lipinski definition) is 3. The summed E-state index contributed by atoms with van der Waals surface area (Å²) in [4.78, 5) is 0. The molecule has 15 heavy (non-hydrogen) atoms. The van der Waals surface area contributed by atoms with Crippen LogP contribution in [-0.4, -0.2) is 5.16 Å². The van der Waals surface area contributed by atoms with Crippen LogP contribution >= 0.6 is 0 Å². The summed E-state index contributed by atoms with van der Waals surface area (Å²) in [5, 5.41) is 3.95. The number of aryl methyl sites for hydroxylation is 2. The van der Waals surface area contributed by atoms with Crippen LogP contribution in [0.2, 0.25) is 0 Å². The summed E-state index contributed by atoms with van der Waals surface area (Å²) in [7, 11) is 0. The van der Waals surface area contributed by atoms with Gasteiger partial charge in [0.2, 0.25) is 0 Å². The molecule has 0 atom stereocenters. The predicted octanol–water partition coefficient (Wildman–Crippen LogP) is 2.42. The van der Waals surface area contributed by atoms with Gasteiger partial charge in [-0.2, -0.15) is 0 Å². The third-order valence-electron chi connectivity index (χ3n) is 2.54. The Morgan fingerprint density at radius 1 is 1.27 bits per heavy atom. The summed E-state index contributed by atoms with van der Waals surface area (Å²) in [5.74, 6) is 0.841. The number of benzene rings is 1. The molecule has 0 aliphatic carbocycles. The predicted molar refractivity (Wildman–Crippen MR) is 59.3 cm³/mol. The van der Waals surface area contributed by atoms with Crippen molar-refractivity contribution in [3.8, 4) is 11.1 Å². The van der Waals surface area contributed by atoms with Crippen LogP contribution in [0.4, 0.5) is 0 Å². The summed E-state index contributed by atoms with van der Waals surface area (Å²) in [6.07, 6.45) is 0. The number of aromatic nitrogens is 1. The lowest BCUT2D eigenvalue weighted by molar-refractivity contribution is 0.393. The zero-order valence-electron chi connectivity index (χ0n) is 8.95. The number of rotatable bonds is 2. The highest BCUT2D eigenvalue weighted by molar-refractivity contribution is 5.70. The minimum atomic E-state index is 0.528. The summed E-state index contributed by atoms with van der Waals surface area (Å²) in [6.45, 7) is 4.39. The van der Waals surface area contributed by atoms with Gasteiger partial charge in [0.15, 0.2) is 0 Å². The number of nitrogens with two attached hydrogens (primary N) is 1. The van der Waals surface area contributed by atoms with Gasteiger partial charge in [-0.1, -0.05) is 29.4 Å². The molecule has 0 amide bonds. The van der Waals surface area contributed by atoms with Gasteiger partial charge in [0.25, 0.3) is 0 Å². The number of hydrogen-bond donors (Lipinski definition) is 1. The van der Waals surface area contributed by atoms with E-state index in [2.05, 4.69) is 11.2 Å². The molecule has 1 aromatic carbocycles. The minimum Gasteiger partial charge on any atom is -0.361 e. The van der Waals surface area contributed by atoms with Crippen LogP contribution in [-0.2, 0) is 6.54 Å². The lowest BCUT2D eigenvalue weighted by Crippen LogP contribution is -1.99. The first-order valence-corrected chi connectivity index (χ1v) is 4.95. The van der Waals surface area contributed by atoms with E-state index in [9.17, 15) is 0 Å². The van der Waals surface area contributed by atoms with E-state index in [1.165, 1.54) is 0 Å². The molecular weight excluding hydrogens is 188 g/mol. The normalized spacial score (nSPS) is 10.6. The molecule has 0 spiro atoms. The van der Waals surface area contributed by atoms with Crippen molar-refractivity contribution < 1.29 is 4.52 Å². The van der Waals surface area contributed by atoms with E-state index in [0.29, 0.717) is 6.54 Å². The molecule has 0 radical (unpaired) electrons. The van der Waals surface area contributed by atoms with Crippen LogP contribution in [0.5, 0.6) is 0 Å². The Bertz CT molecular complexity index is 455. The van der Waals surface area contributed by atoms with Crippen molar-refractivity contribution >= 4 is 0 Å². The molecule has 3 heteroatoms. The van der Waals surface area contributed by atoms with Crippen molar-refractivity contribution in [2.24, 2.45) is 5.73 Å². The molecule has 0 saturated carbocycles. The maximum atomic E-state index is 5.71. The van der Waals surface area contributed by atoms with Gasteiger partial charge in [-0.25, -0.2) is 0 Å². The van der Waals surface area contributed by atoms with Crippen molar-refractivity contribution in [2.75, 3.05) is 0 Å². The van der Waals surface area contributed by atoms with Crippen molar-refractivity contribution in [3.63, 3.8) is 0 Å². The Kier molecular flexibility index (Phi) is 2.56. The smallest absolute Gasteiger partial charge is 0.141 e. The summed E-state index contributed by atoms with van der Waals surface area (Å²) in [6, 6.07) is 8.07. The van der Waals surface area contributed by atoms with Crippen molar-refractivity contribution in [3.05, 3.63) is 41.3 Å². The molecule has 0 saturated heterocycles. The average molecular weight is 202 g/mol. The zero-order chi connectivity index (χ0) is 10.8. The van der Waals surface area contributed by atoms with E-state index >= 15 is 0 Å². The minimum absolute atomic E-state index is 0.528. The van der Waals surface area contributed by atoms with Gasteiger partial charge in [-0.3, -0.25) is 0 Å². The standard InChI is InChI=1S/C12H14N2O/c1-8-12(9(2)15-14-8)11-6-4-3-5-10(11)7-13/h3-6H,7,13H2,1-2H3. The van der Waals surface area contributed by atoms with E-state index in [1.54, 1.807) is 0 Å². The second kappa shape index (κ2) is 3.87. The van der Waals surface area contributed by atoms with Gasteiger partial charge in [0.05, 0.1) is 5.69 Å². The first kappa shape index (κ1) is 9.93. The molecule has 0 unspecified atom stereocenters. The van der Waals surface area contributed by atoms with Crippen molar-refractivity contribution in [2.45, 2.75) is 20.4 Å². The molecule has 2 rings (SSSR count). The van der Waals surface area contributed by atoms with Crippen molar-refractivity contribution in [1.82, 2.24) is 5.16 Å². The van der Waals surface area contributed by atoms with Gasteiger partial charge in [-0.05, 0) is 25.0 Å². The van der Waals surface area contributed by atoms with Gasteiger partial charge in [0.1, 0.15) is 5.76 Å². The molecule has 1 aromatic heterocycles. The third kappa shape index (κ3) is 1.66. The molecule has 0 fully saturated rings. The average Bonchev–Trinajstić information content (AvgIpc) is 2.59. The molecule has 0 aliphatic heterocycles. The Labute approximate surface area is 88.9 Å². The molecule has 2 N–H and O–H groups in total. The highest BCUT2D eigenvalue weighted by atomic mass is 16.5. The summed E-state index contributed by atoms with van der Waals surface area (Å²) < 4.78 is 5.16. The van der Waals surface area contributed by atoms with E-state index in [1.807, 2.05) is 32.0 Å². The van der Waals surface area contributed by atoms with E-state index in [-0.39, 0.29) is 0 Å². The fourth-order valence-electron chi connectivity index (χ4n) is 1.81. The molecule has 78 valence electrons. The monoisotopic (exact) mass is 202 g/mol. The van der Waals surface area contributed by atoms with Gasteiger partial charge >= 0.3 is 0 Å². The van der Waals surface area contributed by atoms with Gasteiger partial charge < -0.3 is 10.3 Å². The fourth-order valence-corrected chi connectivity index (χ4v) is 1.81. The molecule has 1 heterocycles. The topological polar surface area (TPSA) is 52.0 Å². The SMILES string of the molecule is Cc1noc(C)c1-c1ccccc1CN. The Hall–Kier alpha value is -1.61. The quantitative estimate of drug-likeness (QED) is 0.813. The molecule has 0 bridgehead atoms. The Morgan fingerprint density at radius 3 is 2.60 bits per heavy atom. The zero-order valence-corrected chi connectivity index (χ0v) is 8.95. The Balaban J connectivity index is 2.63. The van der Waals surface area contributed by atoms with Crippen LogP contribution in [0.3, 0.4) is 0 Å². The van der Waals surface area contributed by atoms with Crippen LogP contribution in [0.25, 0.3) is 11.1 Å². The van der Waals surface area contributed by atoms with Gasteiger partial charge in [0, 0.05) is 12.1 Å². The first-order valence-electron chi connectivity index (χ1n) is 4.95. The van der Waals surface area contributed by atoms with E-state index in [0.717, 1.165) is 28.1 Å². The number of nitrogens with zero attached hydrogens (tertiary/aromatic N) is 1. The molecule has 0 aliphatic rings. The van der Waals surface area contributed by atoms with E-state index < -0.39 is 0 Å². The van der Waals surface area contributed by atoms with Crippen LogP contribution in [0, 0.1) is 13.8 Å². The van der Waals surface area contributed by atoms with Crippen molar-refractivity contribution in [1.29, 1.82) is 0 Å².